The molecular formula is C15H27I. The van der Waals surface area contributed by atoms with Gasteiger partial charge in [0.05, 0.1) is 0 Å². The molecule has 0 nitrogen and oxygen atoms in total. The molecule has 5 atom stereocenters. The van der Waals surface area contributed by atoms with E-state index in [1.165, 1.54) is 43.0 Å². The van der Waals surface area contributed by atoms with Gasteiger partial charge in [-0.05, 0) is 59.2 Å². The lowest BCUT2D eigenvalue weighted by Crippen LogP contribution is -2.38. The van der Waals surface area contributed by atoms with Crippen LogP contribution in [0.15, 0.2) is 0 Å². The second kappa shape index (κ2) is 5.16. The first-order valence-corrected chi connectivity index (χ1v) is 8.68. The second-order valence-electron chi connectivity index (χ2n) is 6.62. The summed E-state index contributed by atoms with van der Waals surface area (Å²) in [4.78, 5) is 0. The Hall–Kier alpha value is 0.730. The first-order chi connectivity index (χ1) is 7.59. The molecule has 0 aliphatic heterocycles. The first-order valence-electron chi connectivity index (χ1n) is 7.15. The maximum absolute atomic E-state index is 2.62. The molecule has 0 aromatic rings. The lowest BCUT2D eigenvalue weighted by Gasteiger charge is -2.46. The number of hydrogen-bond acceptors (Lipinski definition) is 0. The van der Waals surface area contributed by atoms with Gasteiger partial charge in [0.2, 0.25) is 0 Å². The summed E-state index contributed by atoms with van der Waals surface area (Å²) in [6.07, 6.45) is 8.96. The van der Waals surface area contributed by atoms with E-state index in [1.807, 2.05) is 0 Å². The van der Waals surface area contributed by atoms with Crippen LogP contribution in [0, 0.1) is 29.1 Å². The van der Waals surface area contributed by atoms with Crippen LogP contribution < -0.4 is 0 Å². The highest BCUT2D eigenvalue weighted by molar-refractivity contribution is 14.1. The molecule has 0 radical (unpaired) electrons. The molecular weight excluding hydrogens is 307 g/mol. The molecule has 2 saturated carbocycles. The molecule has 2 fully saturated rings. The molecule has 16 heavy (non-hydrogen) atoms. The number of rotatable bonds is 3. The predicted octanol–water partition coefficient (Wildman–Crippen LogP) is 5.30. The van der Waals surface area contributed by atoms with Crippen molar-refractivity contribution >= 4 is 22.6 Å². The minimum absolute atomic E-state index is 0.697. The van der Waals surface area contributed by atoms with E-state index in [1.54, 1.807) is 0 Å². The number of alkyl halides is 1. The van der Waals surface area contributed by atoms with E-state index in [2.05, 4.69) is 43.4 Å². The van der Waals surface area contributed by atoms with E-state index in [0.717, 1.165) is 23.7 Å². The number of halogens is 1. The average Bonchev–Trinajstić information content (AvgIpc) is 2.57. The van der Waals surface area contributed by atoms with E-state index < -0.39 is 0 Å². The maximum atomic E-state index is 2.62. The quantitative estimate of drug-likeness (QED) is 0.485. The van der Waals surface area contributed by atoms with Crippen LogP contribution in [0.5, 0.6) is 0 Å². The minimum Gasteiger partial charge on any atom is -0.0864 e. The van der Waals surface area contributed by atoms with Gasteiger partial charge in [0, 0.05) is 0 Å². The Labute approximate surface area is 115 Å². The molecule has 2 aliphatic rings. The Morgan fingerprint density at radius 2 is 2.06 bits per heavy atom. The van der Waals surface area contributed by atoms with Crippen molar-refractivity contribution in [3.05, 3.63) is 0 Å². The summed E-state index contributed by atoms with van der Waals surface area (Å²) in [6.45, 7) is 7.64. The Morgan fingerprint density at radius 3 is 2.75 bits per heavy atom. The van der Waals surface area contributed by atoms with Crippen LogP contribution in [0.2, 0.25) is 0 Å². The van der Waals surface area contributed by atoms with Crippen molar-refractivity contribution in [1.82, 2.24) is 0 Å². The van der Waals surface area contributed by atoms with Gasteiger partial charge in [-0.2, -0.15) is 0 Å². The summed E-state index contributed by atoms with van der Waals surface area (Å²) in [7, 11) is 0. The molecule has 0 aromatic heterocycles. The highest BCUT2D eigenvalue weighted by Gasteiger charge is 2.50. The lowest BCUT2D eigenvalue weighted by atomic mass is 9.59. The third-order valence-corrected chi connectivity index (χ3v) is 6.42. The Morgan fingerprint density at radius 1 is 1.31 bits per heavy atom. The summed E-state index contributed by atoms with van der Waals surface area (Å²) in [5, 5.41) is 0. The molecule has 94 valence electrons. The van der Waals surface area contributed by atoms with Gasteiger partial charge < -0.3 is 0 Å². The van der Waals surface area contributed by atoms with E-state index in [4.69, 9.17) is 0 Å². The third-order valence-electron chi connectivity index (χ3n) is 5.80. The molecule has 0 N–H and O–H groups in total. The summed E-state index contributed by atoms with van der Waals surface area (Å²) in [5.74, 6) is 4.02. The fourth-order valence-electron chi connectivity index (χ4n) is 4.91. The molecule has 0 aromatic carbocycles. The molecule has 2 aliphatic carbocycles. The Bertz CT molecular complexity index is 238. The smallest absolute Gasteiger partial charge is 0.000209 e. The van der Waals surface area contributed by atoms with Crippen LogP contribution in [0.1, 0.15) is 59.3 Å². The molecule has 0 unspecified atom stereocenters. The van der Waals surface area contributed by atoms with Gasteiger partial charge in [-0.25, -0.2) is 0 Å². The van der Waals surface area contributed by atoms with E-state index in [9.17, 15) is 0 Å². The fraction of sp³-hybridized carbons (Fsp3) is 1.00. The van der Waals surface area contributed by atoms with E-state index >= 15 is 0 Å². The Kier molecular flexibility index (Phi) is 4.24. The van der Waals surface area contributed by atoms with Gasteiger partial charge in [-0.15, -0.1) is 0 Å². The molecule has 0 saturated heterocycles. The van der Waals surface area contributed by atoms with Crippen molar-refractivity contribution in [2.75, 3.05) is 4.43 Å². The maximum Gasteiger partial charge on any atom is -0.000209 e. The van der Waals surface area contributed by atoms with Crippen molar-refractivity contribution in [2.24, 2.45) is 29.1 Å². The third kappa shape index (κ3) is 2.18. The van der Waals surface area contributed by atoms with Crippen molar-refractivity contribution < 1.29 is 0 Å². The summed E-state index contributed by atoms with van der Waals surface area (Å²) >= 11 is 2.55. The monoisotopic (exact) mass is 334 g/mol. The van der Waals surface area contributed by atoms with Gasteiger partial charge in [0.1, 0.15) is 0 Å². The van der Waals surface area contributed by atoms with Gasteiger partial charge in [-0.3, -0.25) is 0 Å². The number of fused-ring (bicyclic) bond motifs is 1. The molecule has 2 rings (SSSR count). The van der Waals surface area contributed by atoms with Gasteiger partial charge in [0.25, 0.3) is 0 Å². The van der Waals surface area contributed by atoms with Gasteiger partial charge in [-0.1, -0.05) is 56.2 Å². The van der Waals surface area contributed by atoms with Crippen LogP contribution in [0.3, 0.4) is 0 Å². The van der Waals surface area contributed by atoms with Crippen LogP contribution in [-0.4, -0.2) is 4.43 Å². The van der Waals surface area contributed by atoms with Crippen molar-refractivity contribution in [3.8, 4) is 0 Å². The summed E-state index contributed by atoms with van der Waals surface area (Å²) in [5.41, 5.74) is 0.697. The molecule has 0 heterocycles. The molecule has 0 spiro atoms. The minimum atomic E-state index is 0.697. The SMILES string of the molecule is C[C@H](CCI)[C@H]1CC[C@H]2[C@@H](C)CCC[C@]12C. The van der Waals surface area contributed by atoms with Gasteiger partial charge in [0.15, 0.2) is 0 Å². The normalized spacial score (nSPS) is 45.4. The van der Waals surface area contributed by atoms with Crippen molar-refractivity contribution in [2.45, 2.75) is 59.3 Å². The zero-order valence-corrected chi connectivity index (χ0v) is 13.3. The van der Waals surface area contributed by atoms with Crippen LogP contribution in [0.4, 0.5) is 0 Å². The number of hydrogen-bond donors (Lipinski definition) is 0. The summed E-state index contributed by atoms with van der Waals surface area (Å²) < 4.78 is 1.34. The standard InChI is InChI=1S/C15H27I/c1-11-5-4-9-15(3)13(11)6-7-14(15)12(2)8-10-16/h11-14H,4-10H2,1-3H3/t11-,12+,13-,14+,15-/m0/s1. The fourth-order valence-corrected chi connectivity index (χ4v) is 5.90. The first kappa shape index (κ1) is 13.2. The predicted molar refractivity (Wildman–Crippen MR) is 80.0 cm³/mol. The van der Waals surface area contributed by atoms with E-state index in [-0.39, 0.29) is 0 Å². The van der Waals surface area contributed by atoms with E-state index in [0.29, 0.717) is 5.41 Å². The molecule has 0 bridgehead atoms. The van der Waals surface area contributed by atoms with Crippen LogP contribution in [-0.2, 0) is 0 Å². The molecule has 1 heteroatoms. The lowest BCUT2D eigenvalue weighted by molar-refractivity contribution is 0.0365. The van der Waals surface area contributed by atoms with Crippen LogP contribution in [0.25, 0.3) is 0 Å². The molecule has 0 amide bonds. The van der Waals surface area contributed by atoms with Crippen molar-refractivity contribution in [3.63, 3.8) is 0 Å². The second-order valence-corrected chi connectivity index (χ2v) is 7.70. The van der Waals surface area contributed by atoms with Crippen LogP contribution >= 0.6 is 22.6 Å². The highest BCUT2D eigenvalue weighted by Crippen LogP contribution is 2.59. The van der Waals surface area contributed by atoms with Crippen molar-refractivity contribution in [1.29, 1.82) is 0 Å². The largest absolute Gasteiger partial charge is 0.0864 e. The van der Waals surface area contributed by atoms with Gasteiger partial charge >= 0.3 is 0 Å². The summed E-state index contributed by atoms with van der Waals surface area (Å²) in [6, 6.07) is 0. The topological polar surface area (TPSA) is 0 Å². The average molecular weight is 334 g/mol. The Balaban J connectivity index is 2.11. The highest BCUT2D eigenvalue weighted by atomic mass is 127. The zero-order valence-electron chi connectivity index (χ0n) is 11.1. The zero-order chi connectivity index (χ0) is 11.8.